The monoisotopic (exact) mass is 249 g/mol. The minimum absolute atomic E-state index is 0.248. The van der Waals surface area contributed by atoms with Crippen LogP contribution in [-0.2, 0) is 11.2 Å². The van der Waals surface area contributed by atoms with Crippen LogP contribution in [0.5, 0.6) is 0 Å². The van der Waals surface area contributed by atoms with Crippen LogP contribution in [0, 0.1) is 19.8 Å². The molecule has 0 fully saturated rings. The fourth-order valence-electron chi connectivity index (χ4n) is 2.33. The lowest BCUT2D eigenvalue weighted by Crippen LogP contribution is -2.46. The number of carboxylic acid groups (broad SMARTS) is 1. The third-order valence-corrected chi connectivity index (χ3v) is 3.33. The standard InChI is InChI=1S/C15H23NO2/c1-10-5-6-13(12(3)7-10)8-11(2)9-15(4,16)14(17)18/h5-7,11H,8-9,16H2,1-4H3,(H,17,18). The Kier molecular flexibility index (Phi) is 4.52. The zero-order valence-corrected chi connectivity index (χ0v) is 11.7. The van der Waals surface area contributed by atoms with E-state index >= 15 is 0 Å². The Bertz CT molecular complexity index is 438. The molecule has 0 saturated heterocycles. The Morgan fingerprint density at radius 1 is 1.44 bits per heavy atom. The van der Waals surface area contributed by atoms with Crippen LogP contribution in [0.15, 0.2) is 18.2 Å². The Balaban J connectivity index is 2.70. The van der Waals surface area contributed by atoms with Crippen molar-refractivity contribution >= 4 is 5.97 Å². The molecule has 0 aromatic heterocycles. The van der Waals surface area contributed by atoms with E-state index < -0.39 is 11.5 Å². The SMILES string of the molecule is Cc1ccc(CC(C)CC(C)(N)C(=O)O)c(C)c1. The van der Waals surface area contributed by atoms with Gasteiger partial charge in [-0.2, -0.15) is 0 Å². The van der Waals surface area contributed by atoms with Crippen LogP contribution in [0.3, 0.4) is 0 Å². The van der Waals surface area contributed by atoms with Gasteiger partial charge in [-0.3, -0.25) is 4.79 Å². The van der Waals surface area contributed by atoms with E-state index in [-0.39, 0.29) is 5.92 Å². The van der Waals surface area contributed by atoms with Crippen LogP contribution in [0.25, 0.3) is 0 Å². The summed E-state index contributed by atoms with van der Waals surface area (Å²) in [7, 11) is 0. The number of hydrogen-bond donors (Lipinski definition) is 2. The van der Waals surface area contributed by atoms with Crippen LogP contribution in [0.1, 0.15) is 37.0 Å². The second kappa shape index (κ2) is 5.53. The smallest absolute Gasteiger partial charge is 0.323 e. The molecular formula is C15H23NO2. The molecule has 1 rings (SSSR count). The maximum atomic E-state index is 11.0. The van der Waals surface area contributed by atoms with Gasteiger partial charge in [-0.1, -0.05) is 30.7 Å². The molecule has 100 valence electrons. The molecule has 3 nitrogen and oxygen atoms in total. The van der Waals surface area contributed by atoms with Crippen molar-refractivity contribution < 1.29 is 9.90 Å². The predicted octanol–water partition coefficient (Wildman–Crippen LogP) is 2.67. The van der Waals surface area contributed by atoms with Gasteiger partial charge in [0.2, 0.25) is 0 Å². The maximum Gasteiger partial charge on any atom is 0.323 e. The van der Waals surface area contributed by atoms with E-state index in [1.807, 2.05) is 6.92 Å². The summed E-state index contributed by atoms with van der Waals surface area (Å²) in [6, 6.07) is 6.37. The Morgan fingerprint density at radius 3 is 2.56 bits per heavy atom. The number of carbonyl (C=O) groups is 1. The van der Waals surface area contributed by atoms with Gasteiger partial charge < -0.3 is 10.8 Å². The highest BCUT2D eigenvalue weighted by Gasteiger charge is 2.29. The minimum atomic E-state index is -1.14. The molecule has 2 atom stereocenters. The Morgan fingerprint density at radius 2 is 2.06 bits per heavy atom. The molecule has 0 radical (unpaired) electrons. The number of carboxylic acids is 1. The maximum absolute atomic E-state index is 11.0. The van der Waals surface area contributed by atoms with E-state index in [2.05, 4.69) is 32.0 Å². The number of nitrogens with two attached hydrogens (primary N) is 1. The molecule has 0 amide bonds. The van der Waals surface area contributed by atoms with Crippen molar-refractivity contribution in [1.82, 2.24) is 0 Å². The van der Waals surface area contributed by atoms with Crippen molar-refractivity contribution in [2.75, 3.05) is 0 Å². The van der Waals surface area contributed by atoms with Gasteiger partial charge in [0.05, 0.1) is 0 Å². The van der Waals surface area contributed by atoms with Crippen molar-refractivity contribution in [1.29, 1.82) is 0 Å². The zero-order chi connectivity index (χ0) is 13.9. The molecule has 3 heteroatoms. The van der Waals surface area contributed by atoms with Crippen molar-refractivity contribution in [2.24, 2.45) is 11.7 Å². The summed E-state index contributed by atoms with van der Waals surface area (Å²) in [6.07, 6.45) is 1.35. The molecule has 1 aromatic carbocycles. The first-order valence-electron chi connectivity index (χ1n) is 6.31. The second-order valence-corrected chi connectivity index (χ2v) is 5.67. The first-order valence-corrected chi connectivity index (χ1v) is 6.31. The summed E-state index contributed by atoms with van der Waals surface area (Å²) in [5.41, 5.74) is 8.42. The van der Waals surface area contributed by atoms with Gasteiger partial charge in [0.25, 0.3) is 0 Å². The van der Waals surface area contributed by atoms with E-state index in [9.17, 15) is 4.79 Å². The lowest BCUT2D eigenvalue weighted by Gasteiger charge is -2.24. The topological polar surface area (TPSA) is 63.3 Å². The highest BCUT2D eigenvalue weighted by Crippen LogP contribution is 2.21. The molecule has 0 saturated carbocycles. The third kappa shape index (κ3) is 3.84. The summed E-state index contributed by atoms with van der Waals surface area (Å²) in [4.78, 5) is 11.0. The van der Waals surface area contributed by atoms with Gasteiger partial charge in [-0.15, -0.1) is 0 Å². The molecule has 0 spiro atoms. The largest absolute Gasteiger partial charge is 0.480 e. The summed E-state index contributed by atoms with van der Waals surface area (Å²) in [5, 5.41) is 9.02. The molecule has 0 aliphatic carbocycles. The van der Waals surface area contributed by atoms with Crippen molar-refractivity contribution in [3.8, 4) is 0 Å². The highest BCUT2D eigenvalue weighted by molar-refractivity contribution is 5.77. The summed E-state index contributed by atoms with van der Waals surface area (Å²) in [5.74, 6) is -0.688. The Labute approximate surface area is 109 Å². The van der Waals surface area contributed by atoms with Crippen LogP contribution >= 0.6 is 0 Å². The van der Waals surface area contributed by atoms with Gasteiger partial charge in [0, 0.05) is 0 Å². The first-order chi connectivity index (χ1) is 8.22. The van der Waals surface area contributed by atoms with Crippen molar-refractivity contribution in [3.63, 3.8) is 0 Å². The number of hydrogen-bond acceptors (Lipinski definition) is 2. The van der Waals surface area contributed by atoms with Gasteiger partial charge in [-0.05, 0) is 50.7 Å². The molecule has 0 bridgehead atoms. The molecular weight excluding hydrogens is 226 g/mol. The van der Waals surface area contributed by atoms with Crippen LogP contribution in [0.2, 0.25) is 0 Å². The highest BCUT2D eigenvalue weighted by atomic mass is 16.4. The first kappa shape index (κ1) is 14.7. The molecule has 0 aliphatic heterocycles. The Hall–Kier alpha value is -1.35. The average Bonchev–Trinajstić information content (AvgIpc) is 2.21. The summed E-state index contributed by atoms with van der Waals surface area (Å²) >= 11 is 0. The van der Waals surface area contributed by atoms with Crippen LogP contribution in [-0.4, -0.2) is 16.6 Å². The number of rotatable bonds is 5. The lowest BCUT2D eigenvalue weighted by molar-refractivity contribution is -0.143. The molecule has 0 heterocycles. The molecule has 3 N–H and O–H groups in total. The molecule has 2 unspecified atom stereocenters. The normalized spacial score (nSPS) is 16.1. The predicted molar refractivity (Wildman–Crippen MR) is 73.6 cm³/mol. The van der Waals surface area contributed by atoms with Gasteiger partial charge in [0.1, 0.15) is 5.54 Å². The lowest BCUT2D eigenvalue weighted by atomic mass is 9.86. The quantitative estimate of drug-likeness (QED) is 0.843. The summed E-state index contributed by atoms with van der Waals surface area (Å²) < 4.78 is 0. The summed E-state index contributed by atoms with van der Waals surface area (Å²) in [6.45, 7) is 7.79. The number of aliphatic carboxylic acids is 1. The molecule has 18 heavy (non-hydrogen) atoms. The van der Waals surface area contributed by atoms with E-state index in [1.54, 1.807) is 6.92 Å². The van der Waals surface area contributed by atoms with Crippen molar-refractivity contribution in [2.45, 2.75) is 46.1 Å². The zero-order valence-electron chi connectivity index (χ0n) is 11.7. The minimum Gasteiger partial charge on any atom is -0.480 e. The van der Waals surface area contributed by atoms with Crippen molar-refractivity contribution in [3.05, 3.63) is 34.9 Å². The van der Waals surface area contributed by atoms with Gasteiger partial charge in [0.15, 0.2) is 0 Å². The average molecular weight is 249 g/mol. The van der Waals surface area contributed by atoms with E-state index in [4.69, 9.17) is 10.8 Å². The van der Waals surface area contributed by atoms with E-state index in [1.165, 1.54) is 16.7 Å². The van der Waals surface area contributed by atoms with Crippen LogP contribution < -0.4 is 5.73 Å². The van der Waals surface area contributed by atoms with Gasteiger partial charge in [-0.25, -0.2) is 0 Å². The van der Waals surface area contributed by atoms with Crippen LogP contribution in [0.4, 0.5) is 0 Å². The second-order valence-electron chi connectivity index (χ2n) is 5.67. The molecule has 0 aliphatic rings. The van der Waals surface area contributed by atoms with E-state index in [0.29, 0.717) is 6.42 Å². The van der Waals surface area contributed by atoms with Gasteiger partial charge >= 0.3 is 5.97 Å². The molecule has 1 aromatic rings. The number of benzene rings is 1. The fourth-order valence-corrected chi connectivity index (χ4v) is 2.33. The third-order valence-electron chi connectivity index (χ3n) is 3.33. The number of aryl methyl sites for hydroxylation is 2. The fraction of sp³-hybridized carbons (Fsp3) is 0.533. The van der Waals surface area contributed by atoms with E-state index in [0.717, 1.165) is 6.42 Å².